The SMILES string of the molecule is COCCc1ncnnc1C. The molecule has 60 valence electrons. The second kappa shape index (κ2) is 3.98. The molecule has 0 saturated carbocycles. The normalized spacial score (nSPS) is 10.0. The molecule has 0 atom stereocenters. The zero-order chi connectivity index (χ0) is 8.10. The van der Waals surface area contributed by atoms with E-state index in [0.717, 1.165) is 17.8 Å². The van der Waals surface area contributed by atoms with Crippen molar-refractivity contribution in [3.63, 3.8) is 0 Å². The summed E-state index contributed by atoms with van der Waals surface area (Å²) in [6.45, 7) is 2.57. The summed E-state index contributed by atoms with van der Waals surface area (Å²) in [6, 6.07) is 0. The fourth-order valence-electron chi connectivity index (χ4n) is 0.803. The van der Waals surface area contributed by atoms with E-state index in [1.807, 2.05) is 6.92 Å². The summed E-state index contributed by atoms with van der Waals surface area (Å²) in [5.74, 6) is 0. The minimum atomic E-state index is 0.680. The monoisotopic (exact) mass is 153 g/mol. The molecular formula is C7H11N3O. The van der Waals surface area contributed by atoms with Gasteiger partial charge in [0.2, 0.25) is 0 Å². The molecule has 0 aromatic carbocycles. The van der Waals surface area contributed by atoms with Gasteiger partial charge in [0.15, 0.2) is 0 Å². The molecule has 1 aromatic heterocycles. The Morgan fingerprint density at radius 1 is 1.55 bits per heavy atom. The fourth-order valence-corrected chi connectivity index (χ4v) is 0.803. The van der Waals surface area contributed by atoms with Crippen molar-refractivity contribution in [2.24, 2.45) is 0 Å². The fraction of sp³-hybridized carbons (Fsp3) is 0.571. The van der Waals surface area contributed by atoms with Crippen LogP contribution >= 0.6 is 0 Å². The zero-order valence-electron chi connectivity index (χ0n) is 6.74. The van der Waals surface area contributed by atoms with Crippen LogP contribution in [0, 0.1) is 6.92 Å². The minimum absolute atomic E-state index is 0.680. The van der Waals surface area contributed by atoms with Gasteiger partial charge >= 0.3 is 0 Å². The number of methoxy groups -OCH3 is 1. The first-order chi connectivity index (χ1) is 5.34. The lowest BCUT2D eigenvalue weighted by molar-refractivity contribution is 0.201. The number of ether oxygens (including phenoxy) is 1. The first-order valence-corrected chi connectivity index (χ1v) is 3.46. The Morgan fingerprint density at radius 3 is 3.00 bits per heavy atom. The molecule has 4 nitrogen and oxygen atoms in total. The lowest BCUT2D eigenvalue weighted by Gasteiger charge is -1.99. The molecule has 0 amide bonds. The van der Waals surface area contributed by atoms with Gasteiger partial charge in [-0.2, -0.15) is 5.10 Å². The molecule has 0 saturated heterocycles. The van der Waals surface area contributed by atoms with Crippen LogP contribution in [-0.4, -0.2) is 28.9 Å². The van der Waals surface area contributed by atoms with Crippen molar-refractivity contribution in [3.8, 4) is 0 Å². The standard InChI is InChI=1S/C7H11N3O/c1-6-7(3-4-11-2)8-5-9-10-6/h5H,3-4H2,1-2H3. The summed E-state index contributed by atoms with van der Waals surface area (Å²) in [5, 5.41) is 7.52. The molecule has 0 spiro atoms. The van der Waals surface area contributed by atoms with Gasteiger partial charge in [-0.1, -0.05) is 0 Å². The van der Waals surface area contributed by atoms with Crippen molar-refractivity contribution in [1.29, 1.82) is 0 Å². The van der Waals surface area contributed by atoms with Crippen LogP contribution in [0.2, 0.25) is 0 Å². The maximum absolute atomic E-state index is 4.91. The lowest BCUT2D eigenvalue weighted by Crippen LogP contribution is -2.02. The third-order valence-corrected chi connectivity index (χ3v) is 1.43. The Labute approximate surface area is 65.6 Å². The van der Waals surface area contributed by atoms with E-state index in [2.05, 4.69) is 15.2 Å². The molecule has 4 heteroatoms. The van der Waals surface area contributed by atoms with Gasteiger partial charge < -0.3 is 4.74 Å². The Kier molecular flexibility index (Phi) is 2.92. The summed E-state index contributed by atoms with van der Waals surface area (Å²) in [6.07, 6.45) is 2.26. The molecule has 1 heterocycles. The molecule has 0 aliphatic rings. The summed E-state index contributed by atoms with van der Waals surface area (Å²) < 4.78 is 4.91. The Hall–Kier alpha value is -1.03. The highest BCUT2D eigenvalue weighted by atomic mass is 16.5. The van der Waals surface area contributed by atoms with E-state index in [0.29, 0.717) is 6.61 Å². The molecule has 0 aliphatic carbocycles. The van der Waals surface area contributed by atoms with Gasteiger partial charge in [-0.25, -0.2) is 4.98 Å². The summed E-state index contributed by atoms with van der Waals surface area (Å²) in [4.78, 5) is 4.06. The van der Waals surface area contributed by atoms with Gasteiger partial charge in [-0.15, -0.1) is 5.10 Å². The van der Waals surface area contributed by atoms with Crippen molar-refractivity contribution in [2.75, 3.05) is 13.7 Å². The number of rotatable bonds is 3. The van der Waals surface area contributed by atoms with Crippen LogP contribution in [0.3, 0.4) is 0 Å². The van der Waals surface area contributed by atoms with E-state index in [-0.39, 0.29) is 0 Å². The smallest absolute Gasteiger partial charge is 0.138 e. The van der Waals surface area contributed by atoms with Crippen molar-refractivity contribution < 1.29 is 4.74 Å². The van der Waals surface area contributed by atoms with Crippen molar-refractivity contribution >= 4 is 0 Å². The maximum atomic E-state index is 4.91. The van der Waals surface area contributed by atoms with Gasteiger partial charge in [0.25, 0.3) is 0 Å². The molecule has 0 unspecified atom stereocenters. The molecular weight excluding hydrogens is 142 g/mol. The number of hydrogen-bond donors (Lipinski definition) is 0. The van der Waals surface area contributed by atoms with Crippen LogP contribution in [0.25, 0.3) is 0 Å². The van der Waals surface area contributed by atoms with E-state index in [4.69, 9.17) is 4.74 Å². The molecule has 0 bridgehead atoms. The van der Waals surface area contributed by atoms with Gasteiger partial charge in [0.1, 0.15) is 6.33 Å². The lowest BCUT2D eigenvalue weighted by atomic mass is 10.3. The van der Waals surface area contributed by atoms with Crippen LogP contribution in [0.4, 0.5) is 0 Å². The van der Waals surface area contributed by atoms with E-state index < -0.39 is 0 Å². The van der Waals surface area contributed by atoms with Crippen LogP contribution in [0.15, 0.2) is 6.33 Å². The number of hydrogen-bond acceptors (Lipinski definition) is 4. The van der Waals surface area contributed by atoms with Crippen molar-refractivity contribution in [1.82, 2.24) is 15.2 Å². The van der Waals surface area contributed by atoms with E-state index >= 15 is 0 Å². The largest absolute Gasteiger partial charge is 0.384 e. The summed E-state index contributed by atoms with van der Waals surface area (Å²) in [5.41, 5.74) is 1.84. The molecule has 0 radical (unpaired) electrons. The third kappa shape index (κ3) is 2.23. The molecule has 1 rings (SSSR count). The predicted molar refractivity (Wildman–Crippen MR) is 40.1 cm³/mol. The maximum Gasteiger partial charge on any atom is 0.138 e. The molecule has 0 aliphatic heterocycles. The van der Waals surface area contributed by atoms with Crippen molar-refractivity contribution in [2.45, 2.75) is 13.3 Å². The summed E-state index contributed by atoms with van der Waals surface area (Å²) in [7, 11) is 1.67. The number of aryl methyl sites for hydroxylation is 1. The second-order valence-electron chi connectivity index (χ2n) is 2.23. The quantitative estimate of drug-likeness (QED) is 0.629. The highest BCUT2D eigenvalue weighted by molar-refractivity contribution is 5.05. The average molecular weight is 153 g/mol. The highest BCUT2D eigenvalue weighted by Gasteiger charge is 1.98. The Balaban J connectivity index is 2.62. The molecule has 11 heavy (non-hydrogen) atoms. The molecule has 0 fully saturated rings. The molecule has 0 N–H and O–H groups in total. The van der Waals surface area contributed by atoms with Gasteiger partial charge in [0.05, 0.1) is 18.0 Å². The Bertz CT molecular complexity index is 227. The number of aromatic nitrogens is 3. The van der Waals surface area contributed by atoms with Crippen LogP contribution < -0.4 is 0 Å². The van der Waals surface area contributed by atoms with Crippen molar-refractivity contribution in [3.05, 3.63) is 17.7 Å². The topological polar surface area (TPSA) is 47.9 Å². The minimum Gasteiger partial charge on any atom is -0.384 e. The van der Waals surface area contributed by atoms with E-state index in [1.54, 1.807) is 7.11 Å². The third-order valence-electron chi connectivity index (χ3n) is 1.43. The van der Waals surface area contributed by atoms with Crippen LogP contribution in [0.5, 0.6) is 0 Å². The van der Waals surface area contributed by atoms with E-state index in [1.165, 1.54) is 6.33 Å². The summed E-state index contributed by atoms with van der Waals surface area (Å²) >= 11 is 0. The Morgan fingerprint density at radius 2 is 2.36 bits per heavy atom. The van der Waals surface area contributed by atoms with Gasteiger partial charge in [0, 0.05) is 13.5 Å². The highest BCUT2D eigenvalue weighted by Crippen LogP contribution is 1.98. The zero-order valence-corrected chi connectivity index (χ0v) is 6.74. The number of nitrogens with zero attached hydrogens (tertiary/aromatic N) is 3. The van der Waals surface area contributed by atoms with Gasteiger partial charge in [-0.3, -0.25) is 0 Å². The average Bonchev–Trinajstić information content (AvgIpc) is 2.03. The van der Waals surface area contributed by atoms with Crippen LogP contribution in [0.1, 0.15) is 11.4 Å². The van der Waals surface area contributed by atoms with Crippen LogP contribution in [-0.2, 0) is 11.2 Å². The predicted octanol–water partition coefficient (Wildman–Crippen LogP) is 0.369. The second-order valence-corrected chi connectivity index (χ2v) is 2.23. The first-order valence-electron chi connectivity index (χ1n) is 3.46. The van der Waals surface area contributed by atoms with Gasteiger partial charge in [-0.05, 0) is 6.92 Å². The molecule has 1 aromatic rings. The van der Waals surface area contributed by atoms with E-state index in [9.17, 15) is 0 Å². The first kappa shape index (κ1) is 8.07.